The van der Waals surface area contributed by atoms with Crippen LogP contribution >= 0.6 is 11.6 Å². The number of carbonyl (C=O) groups excluding carboxylic acids is 1. The van der Waals surface area contributed by atoms with Crippen LogP contribution in [0.5, 0.6) is 11.5 Å². The molecule has 0 unspecified atom stereocenters. The smallest absolute Gasteiger partial charge is 0.238 e. The van der Waals surface area contributed by atoms with Crippen molar-refractivity contribution in [2.24, 2.45) is 0 Å². The van der Waals surface area contributed by atoms with E-state index in [1.165, 1.54) is 0 Å². The van der Waals surface area contributed by atoms with Crippen molar-refractivity contribution in [1.82, 2.24) is 5.32 Å². The van der Waals surface area contributed by atoms with E-state index in [0.29, 0.717) is 36.9 Å². The minimum Gasteiger partial charge on any atom is -0.486 e. The van der Waals surface area contributed by atoms with Gasteiger partial charge >= 0.3 is 0 Å². The largest absolute Gasteiger partial charge is 0.486 e. The third-order valence-corrected chi connectivity index (χ3v) is 3.83. The lowest BCUT2D eigenvalue weighted by Crippen LogP contribution is -2.29. The van der Waals surface area contributed by atoms with E-state index in [1.807, 2.05) is 24.3 Å². The summed E-state index contributed by atoms with van der Waals surface area (Å²) in [7, 11) is 0. The molecule has 1 aliphatic rings. The molecule has 0 saturated carbocycles. The Morgan fingerprint density at radius 2 is 1.92 bits per heavy atom. The highest BCUT2D eigenvalue weighted by Gasteiger charge is 2.12. The quantitative estimate of drug-likeness (QED) is 0.790. The van der Waals surface area contributed by atoms with Gasteiger partial charge in [0.25, 0.3) is 0 Å². The van der Waals surface area contributed by atoms with Crippen LogP contribution in [-0.2, 0) is 11.2 Å². The second-order valence-electron chi connectivity index (χ2n) is 5.46. The molecule has 0 spiro atoms. The zero-order valence-electron chi connectivity index (χ0n) is 13.2. The summed E-state index contributed by atoms with van der Waals surface area (Å²) < 4.78 is 11.0. The molecule has 5 nitrogen and oxygen atoms in total. The highest BCUT2D eigenvalue weighted by Crippen LogP contribution is 2.32. The Hall–Kier alpha value is -2.24. The van der Waals surface area contributed by atoms with Crippen molar-refractivity contribution in [3.63, 3.8) is 0 Å². The summed E-state index contributed by atoms with van der Waals surface area (Å²) in [5.74, 6) is 1.27. The monoisotopic (exact) mass is 346 g/mol. The first-order valence-electron chi connectivity index (χ1n) is 7.85. The number of nitrogens with one attached hydrogen (secondary N) is 2. The first-order valence-corrected chi connectivity index (χ1v) is 8.23. The lowest BCUT2D eigenvalue weighted by molar-refractivity contribution is -0.115. The van der Waals surface area contributed by atoms with Gasteiger partial charge in [0.2, 0.25) is 5.91 Å². The normalized spacial score (nSPS) is 12.7. The van der Waals surface area contributed by atoms with Crippen LogP contribution in [0.2, 0.25) is 5.02 Å². The third-order valence-electron chi connectivity index (χ3n) is 3.59. The van der Waals surface area contributed by atoms with Gasteiger partial charge in [-0.05, 0) is 42.8 Å². The topological polar surface area (TPSA) is 59.6 Å². The summed E-state index contributed by atoms with van der Waals surface area (Å²) in [6.07, 6.45) is 0.817. The molecule has 2 aromatic rings. The van der Waals surface area contributed by atoms with Gasteiger partial charge in [-0.25, -0.2) is 0 Å². The van der Waals surface area contributed by atoms with Gasteiger partial charge in [-0.3, -0.25) is 4.79 Å². The number of hydrogen-bond acceptors (Lipinski definition) is 4. The number of rotatable bonds is 6. The Morgan fingerprint density at radius 3 is 2.75 bits per heavy atom. The van der Waals surface area contributed by atoms with Gasteiger partial charge in [-0.15, -0.1) is 0 Å². The van der Waals surface area contributed by atoms with Crippen LogP contribution in [0.1, 0.15) is 5.56 Å². The fourth-order valence-corrected chi connectivity index (χ4v) is 2.67. The summed E-state index contributed by atoms with van der Waals surface area (Å²) in [5.41, 5.74) is 1.84. The molecule has 1 heterocycles. The SMILES string of the molecule is O=C(CNCCc1cccc(Cl)c1)Nc1ccc2c(c1)OCCO2. The van der Waals surface area contributed by atoms with Gasteiger partial charge < -0.3 is 20.1 Å². The molecule has 0 atom stereocenters. The Balaban J connectivity index is 1.42. The molecule has 0 aromatic heterocycles. The minimum atomic E-state index is -0.0993. The standard InChI is InChI=1S/C18H19ClN2O3/c19-14-3-1-2-13(10-14)6-7-20-12-18(22)21-15-4-5-16-17(11-15)24-9-8-23-16/h1-5,10-11,20H,6-9,12H2,(H,21,22). The number of fused-ring (bicyclic) bond motifs is 1. The maximum absolute atomic E-state index is 12.0. The third kappa shape index (κ3) is 4.63. The van der Waals surface area contributed by atoms with Crippen LogP contribution in [-0.4, -0.2) is 32.2 Å². The van der Waals surface area contributed by atoms with Crippen LogP contribution in [0.3, 0.4) is 0 Å². The predicted molar refractivity (Wildman–Crippen MR) is 94.1 cm³/mol. The first kappa shape index (κ1) is 16.6. The molecule has 0 aliphatic carbocycles. The second-order valence-corrected chi connectivity index (χ2v) is 5.90. The van der Waals surface area contributed by atoms with Crippen molar-refractivity contribution in [3.05, 3.63) is 53.1 Å². The summed E-state index contributed by atoms with van der Waals surface area (Å²) in [6, 6.07) is 13.1. The second kappa shape index (κ2) is 8.04. The number of amides is 1. The van der Waals surface area contributed by atoms with Crippen molar-refractivity contribution in [2.75, 3.05) is 31.6 Å². The van der Waals surface area contributed by atoms with Gasteiger partial charge in [-0.1, -0.05) is 23.7 Å². The molecule has 0 radical (unpaired) electrons. The summed E-state index contributed by atoms with van der Waals surface area (Å²) in [6.45, 7) is 2.02. The number of hydrogen-bond donors (Lipinski definition) is 2. The molecular weight excluding hydrogens is 328 g/mol. The zero-order chi connectivity index (χ0) is 16.8. The maximum atomic E-state index is 12.0. The predicted octanol–water partition coefficient (Wildman–Crippen LogP) is 2.88. The van der Waals surface area contributed by atoms with Crippen molar-refractivity contribution < 1.29 is 14.3 Å². The van der Waals surface area contributed by atoms with E-state index in [9.17, 15) is 4.79 Å². The fraction of sp³-hybridized carbons (Fsp3) is 0.278. The molecule has 24 heavy (non-hydrogen) atoms. The Morgan fingerprint density at radius 1 is 1.08 bits per heavy atom. The van der Waals surface area contributed by atoms with Crippen LogP contribution in [0, 0.1) is 0 Å². The Bertz CT molecular complexity index is 721. The van der Waals surface area contributed by atoms with Crippen molar-refractivity contribution in [3.8, 4) is 11.5 Å². The molecule has 126 valence electrons. The number of benzene rings is 2. The molecule has 2 aromatic carbocycles. The summed E-state index contributed by atoms with van der Waals surface area (Å²) in [4.78, 5) is 12.0. The number of halogens is 1. The van der Waals surface area contributed by atoms with Gasteiger partial charge in [0.05, 0.1) is 6.54 Å². The fourth-order valence-electron chi connectivity index (χ4n) is 2.45. The van der Waals surface area contributed by atoms with Gasteiger partial charge in [0.1, 0.15) is 13.2 Å². The van der Waals surface area contributed by atoms with Crippen molar-refractivity contribution in [2.45, 2.75) is 6.42 Å². The Labute approximate surface area is 145 Å². The van der Waals surface area contributed by atoms with Gasteiger partial charge in [0, 0.05) is 16.8 Å². The molecular formula is C18H19ClN2O3. The van der Waals surface area contributed by atoms with E-state index >= 15 is 0 Å². The molecule has 6 heteroatoms. The molecule has 3 rings (SSSR count). The van der Waals surface area contributed by atoms with Crippen LogP contribution in [0.25, 0.3) is 0 Å². The minimum absolute atomic E-state index is 0.0993. The molecule has 2 N–H and O–H groups in total. The van der Waals surface area contributed by atoms with E-state index < -0.39 is 0 Å². The lowest BCUT2D eigenvalue weighted by Gasteiger charge is -2.19. The highest BCUT2D eigenvalue weighted by molar-refractivity contribution is 6.30. The van der Waals surface area contributed by atoms with E-state index in [2.05, 4.69) is 10.6 Å². The Kier molecular flexibility index (Phi) is 5.56. The number of anilines is 1. The van der Waals surface area contributed by atoms with Crippen LogP contribution in [0.15, 0.2) is 42.5 Å². The van der Waals surface area contributed by atoms with Gasteiger partial charge in [-0.2, -0.15) is 0 Å². The molecule has 1 aliphatic heterocycles. The maximum Gasteiger partial charge on any atom is 0.238 e. The van der Waals surface area contributed by atoms with Crippen molar-refractivity contribution >= 4 is 23.2 Å². The van der Waals surface area contributed by atoms with E-state index in [4.69, 9.17) is 21.1 Å². The summed E-state index contributed by atoms with van der Waals surface area (Å²) >= 11 is 5.95. The first-order chi connectivity index (χ1) is 11.7. The van der Waals surface area contributed by atoms with E-state index in [1.54, 1.807) is 18.2 Å². The highest BCUT2D eigenvalue weighted by atomic mass is 35.5. The van der Waals surface area contributed by atoms with Crippen LogP contribution in [0.4, 0.5) is 5.69 Å². The lowest BCUT2D eigenvalue weighted by atomic mass is 10.1. The van der Waals surface area contributed by atoms with E-state index in [-0.39, 0.29) is 12.5 Å². The average Bonchev–Trinajstić information content (AvgIpc) is 2.59. The average molecular weight is 347 g/mol. The summed E-state index contributed by atoms with van der Waals surface area (Å²) in [5, 5.41) is 6.69. The molecule has 1 amide bonds. The van der Waals surface area contributed by atoms with Crippen molar-refractivity contribution in [1.29, 1.82) is 0 Å². The van der Waals surface area contributed by atoms with Gasteiger partial charge in [0.15, 0.2) is 11.5 Å². The molecule has 0 fully saturated rings. The van der Waals surface area contributed by atoms with Crippen LogP contribution < -0.4 is 20.1 Å². The number of ether oxygens (including phenoxy) is 2. The zero-order valence-corrected chi connectivity index (χ0v) is 13.9. The molecule has 0 bridgehead atoms. The van der Waals surface area contributed by atoms with E-state index in [0.717, 1.165) is 17.0 Å². The molecule has 0 saturated heterocycles. The number of carbonyl (C=O) groups is 1.